The van der Waals surface area contributed by atoms with Gasteiger partial charge < -0.3 is 5.32 Å². The summed E-state index contributed by atoms with van der Waals surface area (Å²) in [7, 11) is 0. The molecule has 1 aliphatic heterocycles. The van der Waals surface area contributed by atoms with Crippen LogP contribution in [0.2, 0.25) is 0 Å². The minimum atomic E-state index is -0.637. The summed E-state index contributed by atoms with van der Waals surface area (Å²) in [4.78, 5) is 33.9. The van der Waals surface area contributed by atoms with E-state index in [2.05, 4.69) is 5.32 Å². The summed E-state index contributed by atoms with van der Waals surface area (Å²) >= 11 is 0. The van der Waals surface area contributed by atoms with Crippen molar-refractivity contribution in [1.82, 2.24) is 5.32 Å². The summed E-state index contributed by atoms with van der Waals surface area (Å²) in [6.45, 7) is 1.56. The lowest BCUT2D eigenvalue weighted by Crippen LogP contribution is -2.31. The van der Waals surface area contributed by atoms with Crippen LogP contribution in [0.5, 0.6) is 0 Å². The van der Waals surface area contributed by atoms with Crippen LogP contribution in [0.4, 0.5) is 16.2 Å². The van der Waals surface area contributed by atoms with Gasteiger partial charge in [-0.05, 0) is 18.6 Å². The molecule has 0 aliphatic carbocycles. The predicted octanol–water partition coefficient (Wildman–Crippen LogP) is 0.959. The van der Waals surface area contributed by atoms with Crippen molar-refractivity contribution in [2.45, 2.75) is 6.92 Å². The first-order valence-electron chi connectivity index (χ1n) is 4.86. The molecule has 1 aromatic carbocycles. The Morgan fingerprint density at radius 2 is 2.12 bits per heavy atom. The van der Waals surface area contributed by atoms with Crippen LogP contribution in [0.1, 0.15) is 5.56 Å². The number of amides is 3. The highest BCUT2D eigenvalue weighted by molar-refractivity contribution is 6.20. The Morgan fingerprint density at radius 3 is 2.65 bits per heavy atom. The number of carbonyl (C=O) groups is 2. The number of aryl methyl sites for hydroxylation is 1. The molecule has 0 unspecified atom stereocenters. The first-order valence-corrected chi connectivity index (χ1v) is 4.86. The van der Waals surface area contributed by atoms with Crippen molar-refractivity contribution in [2.24, 2.45) is 0 Å². The van der Waals surface area contributed by atoms with Crippen molar-refractivity contribution in [3.8, 4) is 0 Å². The molecule has 0 radical (unpaired) electrons. The normalized spacial score (nSPS) is 15.0. The zero-order chi connectivity index (χ0) is 12.6. The van der Waals surface area contributed by atoms with Crippen LogP contribution in [0.15, 0.2) is 18.2 Å². The minimum absolute atomic E-state index is 0.000556. The van der Waals surface area contributed by atoms with Crippen LogP contribution in [0.3, 0.4) is 0 Å². The number of imide groups is 1. The maximum absolute atomic E-state index is 11.5. The number of nitrogens with zero attached hydrogens (tertiary/aromatic N) is 2. The molecule has 1 N–H and O–H groups in total. The molecule has 88 valence electrons. The number of rotatable bonds is 2. The Balaban J connectivity index is 2.55. The van der Waals surface area contributed by atoms with Crippen molar-refractivity contribution in [3.63, 3.8) is 0 Å². The Kier molecular flexibility index (Phi) is 2.51. The fourth-order valence-corrected chi connectivity index (χ4v) is 1.64. The predicted molar refractivity (Wildman–Crippen MR) is 58.7 cm³/mol. The van der Waals surface area contributed by atoms with Crippen molar-refractivity contribution in [1.29, 1.82) is 0 Å². The lowest BCUT2D eigenvalue weighted by atomic mass is 10.2. The molecule has 1 aromatic rings. The van der Waals surface area contributed by atoms with Crippen molar-refractivity contribution in [2.75, 3.05) is 11.4 Å². The first kappa shape index (κ1) is 11.1. The number of hydrogen-bond acceptors (Lipinski definition) is 4. The molecule has 1 saturated heterocycles. The van der Waals surface area contributed by atoms with E-state index < -0.39 is 16.9 Å². The van der Waals surface area contributed by atoms with Gasteiger partial charge in [-0.1, -0.05) is 6.07 Å². The molecule has 17 heavy (non-hydrogen) atoms. The largest absolute Gasteiger partial charge is 0.329 e. The fourth-order valence-electron chi connectivity index (χ4n) is 1.64. The van der Waals surface area contributed by atoms with Crippen molar-refractivity contribution < 1.29 is 14.5 Å². The number of urea groups is 1. The van der Waals surface area contributed by atoms with Crippen LogP contribution in [0.25, 0.3) is 0 Å². The zero-order valence-electron chi connectivity index (χ0n) is 8.97. The van der Waals surface area contributed by atoms with Gasteiger partial charge in [-0.25, -0.2) is 9.69 Å². The molecule has 0 atom stereocenters. The molecule has 0 saturated carbocycles. The number of anilines is 1. The summed E-state index contributed by atoms with van der Waals surface area (Å²) in [5.41, 5.74) is 0.434. The number of benzene rings is 1. The molecule has 7 nitrogen and oxygen atoms in total. The van der Waals surface area contributed by atoms with Gasteiger partial charge in [0.15, 0.2) is 0 Å². The average Bonchev–Trinajstić information content (AvgIpc) is 2.59. The molecule has 0 aromatic heterocycles. The summed E-state index contributed by atoms with van der Waals surface area (Å²) in [6, 6.07) is 3.70. The molecular weight excluding hydrogens is 226 g/mol. The Morgan fingerprint density at radius 1 is 1.41 bits per heavy atom. The molecule has 2 rings (SSSR count). The quantitative estimate of drug-likeness (QED) is 0.469. The summed E-state index contributed by atoms with van der Waals surface area (Å²) in [6.07, 6.45) is 0. The van der Waals surface area contributed by atoms with Crippen LogP contribution in [-0.2, 0) is 4.79 Å². The number of nitro groups is 1. The standard InChI is InChI=1S/C10H9N3O4/c1-6-2-3-7(8(4-6)13(16)17)12-9(14)5-11-10(12)15/h2-4H,5H2,1H3,(H,11,15). The highest BCUT2D eigenvalue weighted by Crippen LogP contribution is 2.30. The second-order valence-electron chi connectivity index (χ2n) is 3.64. The van der Waals surface area contributed by atoms with Crippen molar-refractivity contribution >= 4 is 23.3 Å². The smallest absolute Gasteiger partial charge is 0.328 e. The van der Waals surface area contributed by atoms with Gasteiger partial charge in [0.25, 0.3) is 11.6 Å². The number of carbonyl (C=O) groups excluding carboxylic acids is 2. The molecule has 0 spiro atoms. The van der Waals surface area contributed by atoms with E-state index in [-0.39, 0.29) is 17.9 Å². The Hall–Kier alpha value is -2.44. The molecule has 1 aliphatic rings. The van der Waals surface area contributed by atoms with Gasteiger partial charge in [0.2, 0.25) is 0 Å². The zero-order valence-corrected chi connectivity index (χ0v) is 8.97. The highest BCUT2D eigenvalue weighted by atomic mass is 16.6. The monoisotopic (exact) mass is 235 g/mol. The maximum Gasteiger partial charge on any atom is 0.329 e. The van der Waals surface area contributed by atoms with Gasteiger partial charge in [-0.2, -0.15) is 0 Å². The van der Waals surface area contributed by atoms with E-state index >= 15 is 0 Å². The van der Waals surface area contributed by atoms with Crippen LogP contribution >= 0.6 is 0 Å². The van der Waals surface area contributed by atoms with E-state index in [0.717, 1.165) is 4.90 Å². The number of hydrogen-bond donors (Lipinski definition) is 1. The van der Waals surface area contributed by atoms with E-state index in [0.29, 0.717) is 5.56 Å². The van der Waals surface area contributed by atoms with Crippen LogP contribution in [0, 0.1) is 17.0 Å². The topological polar surface area (TPSA) is 92.6 Å². The fraction of sp³-hybridized carbons (Fsp3) is 0.200. The highest BCUT2D eigenvalue weighted by Gasteiger charge is 2.34. The van der Waals surface area contributed by atoms with Gasteiger partial charge in [-0.3, -0.25) is 14.9 Å². The molecule has 3 amide bonds. The van der Waals surface area contributed by atoms with E-state index in [9.17, 15) is 19.7 Å². The summed E-state index contributed by atoms with van der Waals surface area (Å²) < 4.78 is 0. The number of nitro benzene ring substituents is 1. The van der Waals surface area contributed by atoms with Crippen molar-refractivity contribution in [3.05, 3.63) is 33.9 Å². The van der Waals surface area contributed by atoms with Gasteiger partial charge in [0, 0.05) is 6.07 Å². The SMILES string of the molecule is Cc1ccc(N2C(=O)CNC2=O)c([N+](=O)[O-])c1. The lowest BCUT2D eigenvalue weighted by Gasteiger charge is -2.12. The third-order valence-electron chi connectivity index (χ3n) is 2.41. The molecular formula is C10H9N3O4. The first-order chi connectivity index (χ1) is 8.00. The second kappa shape index (κ2) is 3.85. The second-order valence-corrected chi connectivity index (χ2v) is 3.64. The van der Waals surface area contributed by atoms with E-state index in [1.165, 1.54) is 12.1 Å². The van der Waals surface area contributed by atoms with Gasteiger partial charge >= 0.3 is 6.03 Å². The molecule has 7 heteroatoms. The van der Waals surface area contributed by atoms with Gasteiger partial charge in [0.1, 0.15) is 5.69 Å². The Labute approximate surface area is 96.2 Å². The Bertz CT molecular complexity index is 510. The van der Waals surface area contributed by atoms with E-state index in [1.54, 1.807) is 13.0 Å². The van der Waals surface area contributed by atoms with Crippen LogP contribution in [-0.4, -0.2) is 23.4 Å². The third-order valence-corrected chi connectivity index (χ3v) is 2.41. The molecule has 1 heterocycles. The summed E-state index contributed by atoms with van der Waals surface area (Å²) in [5, 5.41) is 13.2. The number of nitrogens with one attached hydrogen (secondary N) is 1. The molecule has 0 bridgehead atoms. The minimum Gasteiger partial charge on any atom is -0.328 e. The maximum atomic E-state index is 11.5. The van der Waals surface area contributed by atoms with Gasteiger partial charge in [-0.15, -0.1) is 0 Å². The van der Waals surface area contributed by atoms with E-state index in [1.807, 2.05) is 0 Å². The van der Waals surface area contributed by atoms with Gasteiger partial charge in [0.05, 0.1) is 11.5 Å². The third kappa shape index (κ3) is 1.82. The average molecular weight is 235 g/mol. The van der Waals surface area contributed by atoms with Crippen LogP contribution < -0.4 is 10.2 Å². The lowest BCUT2D eigenvalue weighted by molar-refractivity contribution is -0.384. The van der Waals surface area contributed by atoms with E-state index in [4.69, 9.17) is 0 Å². The summed E-state index contributed by atoms with van der Waals surface area (Å²) in [5.74, 6) is -0.498. The molecule has 1 fully saturated rings.